The highest BCUT2D eigenvalue weighted by Gasteiger charge is 2.50. The molecule has 0 heterocycles. The quantitative estimate of drug-likeness (QED) is 0.729. The van der Waals surface area contributed by atoms with E-state index >= 15 is 0 Å². The van der Waals surface area contributed by atoms with Crippen LogP contribution in [0, 0.1) is 17.8 Å². The minimum Gasteiger partial charge on any atom is -0.335 e. The monoisotopic (exact) mass is 307 g/mol. The molecule has 0 aromatic heterocycles. The van der Waals surface area contributed by atoms with Crippen molar-refractivity contribution in [1.29, 1.82) is 0 Å². The van der Waals surface area contributed by atoms with E-state index in [1.54, 1.807) is 0 Å². The summed E-state index contributed by atoms with van der Waals surface area (Å²) in [6.07, 6.45) is 8.68. The van der Waals surface area contributed by atoms with Crippen molar-refractivity contribution in [3.8, 4) is 0 Å². The Kier molecular flexibility index (Phi) is 4.44. The summed E-state index contributed by atoms with van der Waals surface area (Å²) in [4.78, 5) is 23.7. The van der Waals surface area contributed by atoms with E-state index in [1.165, 1.54) is 38.5 Å². The second-order valence-corrected chi connectivity index (χ2v) is 7.88. The predicted molar refractivity (Wildman–Crippen MR) is 85.3 cm³/mol. The van der Waals surface area contributed by atoms with Crippen molar-refractivity contribution in [2.75, 3.05) is 6.54 Å². The van der Waals surface area contributed by atoms with E-state index in [1.807, 2.05) is 13.8 Å². The molecule has 4 aliphatic rings. The number of rotatable bonds is 5. The summed E-state index contributed by atoms with van der Waals surface area (Å²) < 4.78 is 0. The molecule has 0 saturated heterocycles. The van der Waals surface area contributed by atoms with E-state index in [9.17, 15) is 9.59 Å². The number of amides is 3. The van der Waals surface area contributed by atoms with Gasteiger partial charge in [0.25, 0.3) is 0 Å². The van der Waals surface area contributed by atoms with Crippen molar-refractivity contribution in [3.05, 3.63) is 0 Å². The van der Waals surface area contributed by atoms with E-state index in [0.717, 1.165) is 24.2 Å². The third-order valence-corrected chi connectivity index (χ3v) is 5.90. The van der Waals surface area contributed by atoms with Gasteiger partial charge in [-0.25, -0.2) is 4.79 Å². The molecule has 22 heavy (non-hydrogen) atoms. The van der Waals surface area contributed by atoms with E-state index in [4.69, 9.17) is 0 Å². The van der Waals surface area contributed by atoms with Gasteiger partial charge in [-0.2, -0.15) is 0 Å². The van der Waals surface area contributed by atoms with Gasteiger partial charge in [-0.05, 0) is 69.6 Å². The van der Waals surface area contributed by atoms with Gasteiger partial charge in [-0.15, -0.1) is 0 Å². The standard InChI is InChI=1S/C17H29N3O2/c1-3-11(2)19-16(22)20-15(21)10-18-17-7-12-4-13(8-17)6-14(5-12)9-17/h11-14,18H,3-10H2,1-2H3,(H2,19,20,21,22)/t11-,12?,13?,14?,17?/m0/s1. The zero-order valence-electron chi connectivity index (χ0n) is 13.8. The first-order valence-electron chi connectivity index (χ1n) is 8.83. The molecule has 0 aromatic carbocycles. The Balaban J connectivity index is 1.46. The number of carbonyl (C=O) groups excluding carboxylic acids is 2. The maximum Gasteiger partial charge on any atom is 0.321 e. The van der Waals surface area contributed by atoms with E-state index in [2.05, 4.69) is 16.0 Å². The molecule has 3 N–H and O–H groups in total. The maximum atomic E-state index is 12.0. The molecule has 124 valence electrons. The molecule has 0 radical (unpaired) electrons. The largest absolute Gasteiger partial charge is 0.335 e. The molecule has 4 rings (SSSR count). The zero-order valence-corrected chi connectivity index (χ0v) is 13.8. The summed E-state index contributed by atoms with van der Waals surface area (Å²) in [5, 5.41) is 8.69. The minimum absolute atomic E-state index is 0.0870. The third-order valence-electron chi connectivity index (χ3n) is 5.90. The molecule has 4 fully saturated rings. The number of carbonyl (C=O) groups is 2. The zero-order chi connectivity index (χ0) is 15.7. The minimum atomic E-state index is -0.383. The SMILES string of the molecule is CC[C@H](C)NC(=O)NC(=O)CNC12CC3CC(CC(C3)C1)C2. The Morgan fingerprint density at radius 1 is 1.09 bits per heavy atom. The van der Waals surface area contributed by atoms with Gasteiger partial charge in [0.15, 0.2) is 0 Å². The van der Waals surface area contributed by atoms with Crippen molar-refractivity contribution in [3.63, 3.8) is 0 Å². The van der Waals surface area contributed by atoms with Gasteiger partial charge in [0.05, 0.1) is 6.54 Å². The average molecular weight is 307 g/mol. The lowest BCUT2D eigenvalue weighted by atomic mass is 9.53. The van der Waals surface area contributed by atoms with Crippen molar-refractivity contribution < 1.29 is 9.59 Å². The van der Waals surface area contributed by atoms with Crippen LogP contribution in [-0.4, -0.2) is 30.1 Å². The van der Waals surface area contributed by atoms with Crippen molar-refractivity contribution in [2.45, 2.75) is 70.4 Å². The molecular formula is C17H29N3O2. The van der Waals surface area contributed by atoms with Gasteiger partial charge in [-0.3, -0.25) is 10.1 Å². The third kappa shape index (κ3) is 3.45. The highest BCUT2D eigenvalue weighted by atomic mass is 16.2. The van der Waals surface area contributed by atoms with Crippen LogP contribution in [0.3, 0.4) is 0 Å². The molecule has 0 spiro atoms. The van der Waals surface area contributed by atoms with Gasteiger partial charge in [0.2, 0.25) is 5.91 Å². The molecule has 4 bridgehead atoms. The van der Waals surface area contributed by atoms with E-state index in [-0.39, 0.29) is 30.1 Å². The lowest BCUT2D eigenvalue weighted by Crippen LogP contribution is -2.60. The predicted octanol–water partition coefficient (Wildman–Crippen LogP) is 2.17. The number of nitrogens with one attached hydrogen (secondary N) is 3. The Bertz CT molecular complexity index is 414. The molecule has 5 heteroatoms. The fourth-order valence-electron chi connectivity index (χ4n) is 5.13. The number of hydrogen-bond donors (Lipinski definition) is 3. The molecule has 5 nitrogen and oxygen atoms in total. The topological polar surface area (TPSA) is 70.2 Å². The number of urea groups is 1. The van der Waals surface area contributed by atoms with Gasteiger partial charge < -0.3 is 10.6 Å². The lowest BCUT2D eigenvalue weighted by molar-refractivity contribution is -0.120. The molecule has 0 unspecified atom stereocenters. The summed E-state index contributed by atoms with van der Waals surface area (Å²) in [6, 6.07) is -0.296. The molecule has 0 aromatic rings. The van der Waals surface area contributed by atoms with Crippen LogP contribution in [0.2, 0.25) is 0 Å². The molecular weight excluding hydrogens is 278 g/mol. The van der Waals surface area contributed by atoms with Crippen LogP contribution in [0.15, 0.2) is 0 Å². The van der Waals surface area contributed by atoms with Crippen LogP contribution in [-0.2, 0) is 4.79 Å². The van der Waals surface area contributed by atoms with Gasteiger partial charge in [0.1, 0.15) is 0 Å². The number of imide groups is 1. The van der Waals surface area contributed by atoms with Gasteiger partial charge in [-0.1, -0.05) is 6.92 Å². The van der Waals surface area contributed by atoms with Crippen LogP contribution in [0.4, 0.5) is 4.79 Å². The fraction of sp³-hybridized carbons (Fsp3) is 0.882. The molecule has 4 saturated carbocycles. The van der Waals surface area contributed by atoms with Gasteiger partial charge >= 0.3 is 6.03 Å². The second kappa shape index (κ2) is 6.19. The van der Waals surface area contributed by atoms with Crippen LogP contribution in [0.25, 0.3) is 0 Å². The summed E-state index contributed by atoms with van der Waals surface area (Å²) >= 11 is 0. The summed E-state index contributed by atoms with van der Waals surface area (Å²) in [5.74, 6) is 2.35. The second-order valence-electron chi connectivity index (χ2n) is 7.88. The Labute approximate surface area is 133 Å². The summed E-state index contributed by atoms with van der Waals surface area (Å²) in [7, 11) is 0. The lowest BCUT2D eigenvalue weighted by Gasteiger charge is -2.57. The summed E-state index contributed by atoms with van der Waals surface area (Å²) in [5.41, 5.74) is 0.166. The first-order chi connectivity index (χ1) is 10.5. The molecule has 1 atom stereocenters. The van der Waals surface area contributed by atoms with Crippen LogP contribution < -0.4 is 16.0 Å². The van der Waals surface area contributed by atoms with Gasteiger partial charge in [0, 0.05) is 11.6 Å². The van der Waals surface area contributed by atoms with Crippen LogP contribution in [0.1, 0.15) is 58.8 Å². The van der Waals surface area contributed by atoms with Crippen LogP contribution in [0.5, 0.6) is 0 Å². The Morgan fingerprint density at radius 3 is 2.14 bits per heavy atom. The van der Waals surface area contributed by atoms with E-state index in [0.29, 0.717) is 0 Å². The highest BCUT2D eigenvalue weighted by molar-refractivity contribution is 5.95. The maximum absolute atomic E-state index is 12.0. The average Bonchev–Trinajstić information content (AvgIpc) is 2.43. The number of hydrogen-bond acceptors (Lipinski definition) is 3. The first kappa shape index (κ1) is 15.8. The Morgan fingerprint density at radius 2 is 1.64 bits per heavy atom. The Hall–Kier alpha value is -1.10. The fourth-order valence-corrected chi connectivity index (χ4v) is 5.13. The van der Waals surface area contributed by atoms with Crippen molar-refractivity contribution in [2.24, 2.45) is 17.8 Å². The molecule has 0 aliphatic heterocycles. The van der Waals surface area contributed by atoms with Crippen molar-refractivity contribution in [1.82, 2.24) is 16.0 Å². The summed E-state index contributed by atoms with van der Waals surface area (Å²) in [6.45, 7) is 4.18. The van der Waals surface area contributed by atoms with Crippen LogP contribution >= 0.6 is 0 Å². The first-order valence-corrected chi connectivity index (χ1v) is 8.83. The smallest absolute Gasteiger partial charge is 0.321 e. The highest BCUT2D eigenvalue weighted by Crippen LogP contribution is 2.55. The van der Waals surface area contributed by atoms with E-state index < -0.39 is 0 Å². The molecule has 4 aliphatic carbocycles. The van der Waals surface area contributed by atoms with Crippen molar-refractivity contribution >= 4 is 11.9 Å². The normalized spacial score (nSPS) is 36.9. The molecule has 3 amide bonds.